The average Bonchev–Trinajstić information content (AvgIpc) is 2.08. The Labute approximate surface area is 60.9 Å². The number of hydrogen-bond donors (Lipinski definition) is 1. The molecule has 1 atom stereocenters. The van der Waals surface area contributed by atoms with Crippen LogP contribution in [0.2, 0.25) is 0 Å². The van der Waals surface area contributed by atoms with Crippen molar-refractivity contribution in [2.24, 2.45) is 0 Å². The molecular weight excluding hydrogens is 128 g/mol. The standard InChI is InChI=1S/C7H10N2O/c1-5-4-10-7(9-5)6-2-3-8-6/h4,6,8H,2-3H2,1H3/t6-/m0/s1/i4D. The van der Waals surface area contributed by atoms with Crippen LogP contribution in [0.15, 0.2) is 10.7 Å². The number of rotatable bonds is 1. The van der Waals surface area contributed by atoms with E-state index < -0.39 is 0 Å². The minimum absolute atomic E-state index is 0.189. The van der Waals surface area contributed by atoms with Crippen LogP contribution in [-0.4, -0.2) is 11.5 Å². The van der Waals surface area contributed by atoms with Crippen LogP contribution in [0.4, 0.5) is 0 Å². The topological polar surface area (TPSA) is 38.1 Å². The van der Waals surface area contributed by atoms with E-state index in [0.29, 0.717) is 11.6 Å². The van der Waals surface area contributed by atoms with Crippen LogP contribution in [0.25, 0.3) is 0 Å². The normalized spacial score (nSPS) is 25.7. The monoisotopic (exact) mass is 139 g/mol. The predicted octanol–water partition coefficient (Wildman–Crippen LogP) is 1.02. The van der Waals surface area contributed by atoms with Gasteiger partial charge in [0.1, 0.15) is 7.61 Å². The number of nitrogens with zero attached hydrogens (tertiary/aromatic N) is 1. The number of oxazole rings is 1. The van der Waals surface area contributed by atoms with Crippen molar-refractivity contribution in [2.75, 3.05) is 6.54 Å². The van der Waals surface area contributed by atoms with Crippen molar-refractivity contribution >= 4 is 0 Å². The fourth-order valence-electron chi connectivity index (χ4n) is 0.986. The Bertz CT molecular complexity index is 248. The Kier molecular flexibility index (Phi) is 1.03. The van der Waals surface area contributed by atoms with E-state index in [9.17, 15) is 0 Å². The second-order valence-electron chi connectivity index (χ2n) is 2.53. The second-order valence-corrected chi connectivity index (χ2v) is 2.53. The molecule has 0 unspecified atom stereocenters. The van der Waals surface area contributed by atoms with Gasteiger partial charge >= 0.3 is 0 Å². The molecule has 1 aliphatic heterocycles. The summed E-state index contributed by atoms with van der Waals surface area (Å²) >= 11 is 0. The van der Waals surface area contributed by atoms with Gasteiger partial charge in [-0.15, -0.1) is 0 Å². The van der Waals surface area contributed by atoms with Crippen LogP contribution in [0.3, 0.4) is 0 Å². The SMILES string of the molecule is [2H]c1oc([C@@H]2CCN2)nc1C. The van der Waals surface area contributed by atoms with Crippen LogP contribution in [0, 0.1) is 6.92 Å². The maximum Gasteiger partial charge on any atom is 0.211 e. The third kappa shape index (κ3) is 0.827. The molecule has 1 N–H and O–H groups in total. The zero-order chi connectivity index (χ0) is 7.84. The lowest BCUT2D eigenvalue weighted by Gasteiger charge is -2.23. The molecule has 1 aliphatic rings. The maximum atomic E-state index is 7.28. The molecule has 0 aromatic carbocycles. The molecule has 3 heteroatoms. The number of aromatic nitrogens is 1. The lowest BCUT2D eigenvalue weighted by molar-refractivity contribution is 0.308. The van der Waals surface area contributed by atoms with Crippen LogP contribution in [-0.2, 0) is 0 Å². The summed E-state index contributed by atoms with van der Waals surface area (Å²) in [5, 5.41) is 3.16. The van der Waals surface area contributed by atoms with Crippen molar-refractivity contribution in [1.82, 2.24) is 10.3 Å². The molecule has 1 saturated heterocycles. The lowest BCUT2D eigenvalue weighted by Crippen LogP contribution is -2.35. The zero-order valence-electron chi connectivity index (χ0n) is 6.85. The Hall–Kier alpha value is -0.830. The molecule has 1 aromatic rings. The summed E-state index contributed by atoms with van der Waals surface area (Å²) in [6.07, 6.45) is 1.26. The molecule has 0 bridgehead atoms. The van der Waals surface area contributed by atoms with Crippen LogP contribution >= 0.6 is 0 Å². The maximum absolute atomic E-state index is 7.28. The van der Waals surface area contributed by atoms with E-state index in [-0.39, 0.29) is 12.3 Å². The highest BCUT2D eigenvalue weighted by Gasteiger charge is 2.22. The molecular formula is C7H10N2O. The summed E-state index contributed by atoms with van der Waals surface area (Å²) in [6, 6.07) is 0.257. The van der Waals surface area contributed by atoms with Crippen molar-refractivity contribution in [2.45, 2.75) is 19.4 Å². The molecule has 10 heavy (non-hydrogen) atoms. The Balaban J connectivity index is 2.24. The molecule has 54 valence electrons. The van der Waals surface area contributed by atoms with Crippen molar-refractivity contribution in [3.05, 3.63) is 17.8 Å². The number of aryl methyl sites for hydroxylation is 1. The molecule has 0 radical (unpaired) electrons. The van der Waals surface area contributed by atoms with Gasteiger partial charge in [0.05, 0.1) is 11.7 Å². The fourth-order valence-corrected chi connectivity index (χ4v) is 0.986. The van der Waals surface area contributed by atoms with Gasteiger partial charge in [0.2, 0.25) is 5.89 Å². The molecule has 2 rings (SSSR count). The van der Waals surface area contributed by atoms with Gasteiger partial charge in [-0.25, -0.2) is 4.98 Å². The molecule has 0 amide bonds. The zero-order valence-corrected chi connectivity index (χ0v) is 5.85. The Morgan fingerprint density at radius 3 is 3.20 bits per heavy atom. The summed E-state index contributed by atoms with van der Waals surface area (Å²) in [5.41, 5.74) is 0.675. The van der Waals surface area contributed by atoms with Crippen molar-refractivity contribution < 1.29 is 5.79 Å². The van der Waals surface area contributed by atoms with Gasteiger partial charge in [0.25, 0.3) is 0 Å². The first-order valence-corrected chi connectivity index (χ1v) is 3.44. The van der Waals surface area contributed by atoms with Gasteiger partial charge < -0.3 is 9.73 Å². The van der Waals surface area contributed by atoms with Gasteiger partial charge in [-0.1, -0.05) is 0 Å². The van der Waals surface area contributed by atoms with E-state index in [4.69, 9.17) is 5.79 Å². The number of nitrogens with one attached hydrogen (secondary N) is 1. The van der Waals surface area contributed by atoms with Crippen molar-refractivity contribution in [3.63, 3.8) is 0 Å². The highest BCUT2D eigenvalue weighted by molar-refractivity contribution is 5.00. The quantitative estimate of drug-likeness (QED) is 0.631. The van der Waals surface area contributed by atoms with Gasteiger partial charge in [-0.3, -0.25) is 0 Å². The van der Waals surface area contributed by atoms with Gasteiger partial charge in [0.15, 0.2) is 0 Å². The summed E-state index contributed by atoms with van der Waals surface area (Å²) in [7, 11) is 0. The Morgan fingerprint density at radius 1 is 2.00 bits per heavy atom. The lowest BCUT2D eigenvalue weighted by atomic mass is 10.1. The predicted molar refractivity (Wildman–Crippen MR) is 36.6 cm³/mol. The fraction of sp³-hybridized carbons (Fsp3) is 0.571. The largest absolute Gasteiger partial charge is 0.447 e. The minimum atomic E-state index is 0.189. The van der Waals surface area contributed by atoms with E-state index in [1.54, 1.807) is 6.92 Å². The molecule has 3 nitrogen and oxygen atoms in total. The average molecular weight is 139 g/mol. The number of hydrogen-bond acceptors (Lipinski definition) is 3. The summed E-state index contributed by atoms with van der Waals surface area (Å²) in [6.45, 7) is 2.81. The highest BCUT2D eigenvalue weighted by Crippen LogP contribution is 2.21. The van der Waals surface area contributed by atoms with Crippen LogP contribution in [0.5, 0.6) is 0 Å². The van der Waals surface area contributed by atoms with E-state index >= 15 is 0 Å². The summed E-state index contributed by atoms with van der Waals surface area (Å²) in [5.74, 6) is 0.666. The van der Waals surface area contributed by atoms with Crippen molar-refractivity contribution in [3.8, 4) is 0 Å². The molecule has 0 spiro atoms. The first-order chi connectivity index (χ1) is 5.27. The smallest absolute Gasteiger partial charge is 0.211 e. The first-order valence-electron chi connectivity index (χ1n) is 3.94. The van der Waals surface area contributed by atoms with E-state index in [1.807, 2.05) is 0 Å². The minimum Gasteiger partial charge on any atom is -0.447 e. The van der Waals surface area contributed by atoms with Gasteiger partial charge in [-0.2, -0.15) is 0 Å². The molecule has 0 aliphatic carbocycles. The molecule has 1 fully saturated rings. The highest BCUT2D eigenvalue weighted by atomic mass is 16.3. The van der Waals surface area contributed by atoms with Crippen LogP contribution < -0.4 is 5.32 Å². The molecule has 2 heterocycles. The van der Waals surface area contributed by atoms with Crippen LogP contribution in [0.1, 0.15) is 25.4 Å². The third-order valence-corrected chi connectivity index (χ3v) is 1.70. The second kappa shape index (κ2) is 2.09. The van der Waals surface area contributed by atoms with Gasteiger partial charge in [0, 0.05) is 0 Å². The van der Waals surface area contributed by atoms with Gasteiger partial charge in [-0.05, 0) is 19.9 Å². The summed E-state index contributed by atoms with van der Waals surface area (Å²) < 4.78 is 12.4. The summed E-state index contributed by atoms with van der Waals surface area (Å²) in [4.78, 5) is 4.12. The van der Waals surface area contributed by atoms with E-state index in [2.05, 4.69) is 10.3 Å². The molecule has 1 aromatic heterocycles. The van der Waals surface area contributed by atoms with E-state index in [0.717, 1.165) is 13.0 Å². The third-order valence-electron chi connectivity index (χ3n) is 1.70. The Morgan fingerprint density at radius 2 is 2.80 bits per heavy atom. The van der Waals surface area contributed by atoms with Crippen molar-refractivity contribution in [1.29, 1.82) is 0 Å². The first kappa shape index (κ1) is 4.91. The molecule has 0 saturated carbocycles. The van der Waals surface area contributed by atoms with E-state index in [1.165, 1.54) is 0 Å².